The summed E-state index contributed by atoms with van der Waals surface area (Å²) in [6.45, 7) is 2.81. The first-order chi connectivity index (χ1) is 6.54. The van der Waals surface area contributed by atoms with Crippen LogP contribution in [0.1, 0.15) is 20.3 Å². The average Bonchev–Trinajstić information content (AvgIpc) is 2.10. The van der Waals surface area contributed by atoms with Crippen LogP contribution in [-0.2, 0) is 27.2 Å². The summed E-state index contributed by atoms with van der Waals surface area (Å²) in [5.74, 6) is -0.125. The minimum atomic E-state index is -0.706. The first kappa shape index (κ1) is 24.0. The van der Waals surface area contributed by atoms with E-state index in [9.17, 15) is 9.59 Å². The number of carbonyl (C=O) groups is 2. The van der Waals surface area contributed by atoms with E-state index < -0.39 is 17.6 Å². The van der Waals surface area contributed by atoms with Gasteiger partial charge in [-0.25, -0.2) is 0 Å². The van der Waals surface area contributed by atoms with Crippen molar-refractivity contribution in [2.75, 3.05) is 14.2 Å². The van der Waals surface area contributed by atoms with Crippen molar-refractivity contribution in [3.05, 3.63) is 0 Å². The second-order valence-corrected chi connectivity index (χ2v) is 4.98. The van der Waals surface area contributed by atoms with Gasteiger partial charge < -0.3 is 10.2 Å². The third kappa shape index (κ3) is 80.4. The number of hydrogen-bond acceptors (Lipinski definition) is 4. The molecule has 0 aliphatic rings. The molecule has 0 amide bonds. The zero-order chi connectivity index (χ0) is 12.6. The maximum atomic E-state index is 10.0. The summed E-state index contributed by atoms with van der Waals surface area (Å²) in [6, 6.07) is 0. The Hall–Kier alpha value is 0.580. The van der Waals surface area contributed by atoms with Gasteiger partial charge in [-0.3, -0.25) is 9.59 Å². The summed E-state index contributed by atoms with van der Waals surface area (Å²) in [5.41, 5.74) is 0. The molecule has 0 saturated heterocycles. The van der Waals surface area contributed by atoms with Gasteiger partial charge in [0.2, 0.25) is 0 Å². The Balaban J connectivity index is -0.0000000603. The van der Waals surface area contributed by atoms with Crippen LogP contribution in [0.3, 0.4) is 0 Å². The molecule has 0 atom stereocenters. The molecule has 0 saturated carbocycles. The van der Waals surface area contributed by atoms with Gasteiger partial charge in [0.1, 0.15) is 11.6 Å². The zero-order valence-electron chi connectivity index (χ0n) is 8.62. The standard InChI is InChI=1S/C5H8O2.2CH4O.2ClH.Nb/c1-4(6)3-5(2)7;2*1-2;;;/h3H2,1-2H3;2*2H,1H3;2*1H;/q;;;;;+2/p-2. The van der Waals surface area contributed by atoms with Gasteiger partial charge in [0, 0.05) is 14.2 Å². The third-order valence-electron chi connectivity index (χ3n) is 0.498. The van der Waals surface area contributed by atoms with Crippen molar-refractivity contribution in [3.63, 3.8) is 0 Å². The zero-order valence-corrected chi connectivity index (χ0v) is 12.3. The molecule has 0 rings (SSSR count). The van der Waals surface area contributed by atoms with Gasteiger partial charge >= 0.3 is 36.0 Å². The number of aliphatic hydroxyl groups excluding tert-OH is 2. The summed E-state index contributed by atoms with van der Waals surface area (Å²) < 4.78 is 0. The summed E-state index contributed by atoms with van der Waals surface area (Å²) >= 11 is -0.706. The van der Waals surface area contributed by atoms with Crippen molar-refractivity contribution in [2.45, 2.75) is 20.3 Å². The van der Waals surface area contributed by atoms with E-state index in [1.54, 1.807) is 0 Å². The van der Waals surface area contributed by atoms with Crippen LogP contribution in [0.4, 0.5) is 0 Å². The Morgan fingerprint density at radius 1 is 1.00 bits per heavy atom. The van der Waals surface area contributed by atoms with Crippen LogP contribution in [0.25, 0.3) is 0 Å². The summed E-state index contributed by atoms with van der Waals surface area (Å²) in [6.07, 6.45) is 0.0833. The van der Waals surface area contributed by atoms with E-state index in [4.69, 9.17) is 28.6 Å². The van der Waals surface area contributed by atoms with Gasteiger partial charge in [0.15, 0.2) is 0 Å². The van der Waals surface area contributed by atoms with Crippen molar-refractivity contribution in [2.24, 2.45) is 0 Å². The van der Waals surface area contributed by atoms with Crippen molar-refractivity contribution in [3.8, 4) is 0 Å². The van der Waals surface area contributed by atoms with Crippen LogP contribution >= 0.6 is 18.4 Å². The molecule has 87 valence electrons. The van der Waals surface area contributed by atoms with Crippen LogP contribution in [0.5, 0.6) is 0 Å². The number of hydrogen-bond donors (Lipinski definition) is 2. The number of halogens is 2. The number of ketones is 2. The predicted octanol–water partition coefficient (Wildman–Crippen LogP) is 1.15. The normalized spacial score (nSPS) is 6.00. The fourth-order valence-electron chi connectivity index (χ4n) is 0.351. The maximum absolute atomic E-state index is 10.0. The Morgan fingerprint density at radius 2 is 1.14 bits per heavy atom. The van der Waals surface area contributed by atoms with Crippen LogP contribution in [0.2, 0.25) is 0 Å². The molecule has 0 spiro atoms. The summed E-state index contributed by atoms with van der Waals surface area (Å²) in [5, 5.41) is 14.0. The number of rotatable bonds is 2. The predicted molar refractivity (Wildman–Crippen MR) is 54.0 cm³/mol. The molecule has 4 nitrogen and oxygen atoms in total. The van der Waals surface area contributed by atoms with Gasteiger partial charge in [-0.15, -0.1) is 0 Å². The van der Waals surface area contributed by atoms with Crippen LogP contribution in [-0.4, -0.2) is 36.0 Å². The molecule has 0 fully saturated rings. The molecule has 0 aromatic carbocycles. The molecule has 0 aromatic rings. The second kappa shape index (κ2) is 29.2. The quantitative estimate of drug-likeness (QED) is 0.589. The van der Waals surface area contributed by atoms with E-state index >= 15 is 0 Å². The van der Waals surface area contributed by atoms with Crippen LogP contribution in [0, 0.1) is 0 Å². The molecule has 14 heavy (non-hydrogen) atoms. The van der Waals surface area contributed by atoms with E-state index in [1.165, 1.54) is 13.8 Å². The molecular weight excluding hydrogens is 312 g/mol. The van der Waals surface area contributed by atoms with Crippen molar-refractivity contribution >= 4 is 29.9 Å². The first-order valence-corrected chi connectivity index (χ1v) is 9.01. The Kier molecular flexibility index (Phi) is 50.1. The monoisotopic (exact) mass is 327 g/mol. The summed E-state index contributed by atoms with van der Waals surface area (Å²) in [7, 11) is 11.8. The van der Waals surface area contributed by atoms with Gasteiger partial charge in [-0.1, -0.05) is 0 Å². The van der Waals surface area contributed by atoms with Gasteiger partial charge in [-0.2, -0.15) is 0 Å². The molecule has 0 aliphatic carbocycles. The fourth-order valence-corrected chi connectivity index (χ4v) is 0.351. The molecular formula is C7H16Cl2NbO4. The molecule has 0 unspecified atom stereocenters. The van der Waals surface area contributed by atoms with E-state index in [1.807, 2.05) is 0 Å². The average molecular weight is 328 g/mol. The number of aliphatic hydroxyl groups is 2. The van der Waals surface area contributed by atoms with Crippen molar-refractivity contribution in [1.29, 1.82) is 0 Å². The Labute approximate surface area is 102 Å². The van der Waals surface area contributed by atoms with E-state index in [2.05, 4.69) is 0 Å². The molecule has 7 heteroatoms. The van der Waals surface area contributed by atoms with Gasteiger partial charge in [-0.05, 0) is 13.8 Å². The number of carbonyl (C=O) groups excluding carboxylic acids is 2. The minimum absolute atomic E-state index is 0.0625. The van der Waals surface area contributed by atoms with E-state index in [0.29, 0.717) is 0 Å². The molecule has 0 bridgehead atoms. The molecule has 0 aliphatic heterocycles. The van der Waals surface area contributed by atoms with E-state index in [0.717, 1.165) is 14.2 Å². The third-order valence-corrected chi connectivity index (χ3v) is 0.498. The first-order valence-electron chi connectivity index (χ1n) is 3.35. The van der Waals surface area contributed by atoms with Gasteiger partial charge in [0.25, 0.3) is 0 Å². The SMILES string of the molecule is CC(=O)CC(C)=O.CO.CO.[Cl][Nb][Cl]. The molecule has 0 radical (unpaired) electrons. The summed E-state index contributed by atoms with van der Waals surface area (Å²) in [4.78, 5) is 20.1. The second-order valence-electron chi connectivity index (χ2n) is 1.64. The Morgan fingerprint density at radius 3 is 1.14 bits per heavy atom. The van der Waals surface area contributed by atoms with Gasteiger partial charge in [0.05, 0.1) is 6.42 Å². The van der Waals surface area contributed by atoms with E-state index in [-0.39, 0.29) is 18.0 Å². The van der Waals surface area contributed by atoms with Crippen LogP contribution in [0.15, 0.2) is 0 Å². The van der Waals surface area contributed by atoms with Crippen molar-refractivity contribution in [1.82, 2.24) is 0 Å². The Bertz CT molecular complexity index is 110. The van der Waals surface area contributed by atoms with Crippen LogP contribution < -0.4 is 0 Å². The number of Topliss-reactive ketones (excluding diaryl/α,β-unsaturated/α-hetero) is 2. The fraction of sp³-hybridized carbons (Fsp3) is 0.714. The topological polar surface area (TPSA) is 74.6 Å². The molecule has 2 N–H and O–H groups in total. The molecule has 0 aromatic heterocycles. The van der Waals surface area contributed by atoms with Crippen molar-refractivity contribution < 1.29 is 37.4 Å². The molecule has 0 heterocycles.